The summed E-state index contributed by atoms with van der Waals surface area (Å²) in [4.78, 5) is 48.1. The molecule has 1 heterocycles. The van der Waals surface area contributed by atoms with Crippen LogP contribution in [0.5, 0.6) is 11.5 Å². The normalized spacial score (nSPS) is 9.60. The molecule has 0 aliphatic rings. The van der Waals surface area contributed by atoms with Crippen LogP contribution in [-0.2, 0) is 43.4 Å². The zero-order chi connectivity index (χ0) is 33.1. The minimum absolute atomic E-state index is 0. The summed E-state index contributed by atoms with van der Waals surface area (Å²) in [6.07, 6.45) is 3.31. The van der Waals surface area contributed by atoms with E-state index in [1.54, 1.807) is 27.3 Å². The van der Waals surface area contributed by atoms with E-state index in [0.29, 0.717) is 25.1 Å². The fourth-order valence-electron chi connectivity index (χ4n) is 3.67. The van der Waals surface area contributed by atoms with Crippen molar-refractivity contribution in [2.75, 3.05) is 20.8 Å². The second-order valence-corrected chi connectivity index (χ2v) is 9.96. The first-order valence-electron chi connectivity index (χ1n) is 14.0. The molecule has 10 nitrogen and oxygen atoms in total. The Labute approximate surface area is 276 Å². The van der Waals surface area contributed by atoms with E-state index in [0.717, 1.165) is 33.7 Å². The minimum Gasteiger partial charge on any atom is -0.496 e. The van der Waals surface area contributed by atoms with Crippen molar-refractivity contribution in [2.24, 2.45) is 5.73 Å². The smallest absolute Gasteiger partial charge is 0.391 e. The first-order valence-corrected chi connectivity index (χ1v) is 14.4. The molecule has 0 bridgehead atoms. The molecular formula is C33H43Cl2N3O7. The van der Waals surface area contributed by atoms with Crippen LogP contribution in [-0.4, -0.2) is 48.7 Å². The SMILES string of the molecule is CCOC(=O)C(=O)Cl.COc1cc(C)ccc1CN.COc1cc(C)ccc1CNC(=O)C(=O)CCCc1ccc(C)cn1.Cl. The number of nitrogens with two attached hydrogens (primary N) is 1. The van der Waals surface area contributed by atoms with Crippen LogP contribution < -0.4 is 20.5 Å². The van der Waals surface area contributed by atoms with Gasteiger partial charge in [0.2, 0.25) is 5.78 Å². The summed E-state index contributed by atoms with van der Waals surface area (Å²) in [5.74, 6) is -0.363. The van der Waals surface area contributed by atoms with Crippen LogP contribution in [0.2, 0.25) is 0 Å². The number of pyridine rings is 1. The number of Topliss-reactive ketones (excluding diaryl/α,β-unsaturated/α-hetero) is 1. The maximum Gasteiger partial charge on any atom is 0.391 e. The van der Waals surface area contributed by atoms with Crippen LogP contribution in [0.3, 0.4) is 0 Å². The molecule has 3 aromatic rings. The third kappa shape index (κ3) is 16.1. The number of amides is 1. The highest BCUT2D eigenvalue weighted by Gasteiger charge is 2.14. The molecular weight excluding hydrogens is 621 g/mol. The molecule has 0 saturated heterocycles. The van der Waals surface area contributed by atoms with E-state index in [4.69, 9.17) is 26.8 Å². The second-order valence-electron chi connectivity index (χ2n) is 9.62. The van der Waals surface area contributed by atoms with Crippen molar-refractivity contribution >= 4 is 46.9 Å². The number of benzene rings is 2. The number of ether oxygens (including phenoxy) is 3. The van der Waals surface area contributed by atoms with Gasteiger partial charge in [0.15, 0.2) is 0 Å². The standard InChI is InChI=1S/C20H24N2O3.C9H13NO.C4H5ClO3.ClH/c1-14-7-9-16(19(11-14)25-3)13-22-20(24)18(23)6-4-5-17-10-8-15(2)12-21-17;1-7-3-4-8(6-10)9(5-7)11-2;1-2-8-4(7)3(5)6;/h7-12H,4-6,13H2,1-3H3,(H,22,24);3-5H,6,10H2,1-2H3;2H2,1H3;1H. The lowest BCUT2D eigenvalue weighted by Gasteiger charge is -2.10. The van der Waals surface area contributed by atoms with E-state index < -0.39 is 22.9 Å². The van der Waals surface area contributed by atoms with Gasteiger partial charge >= 0.3 is 11.2 Å². The van der Waals surface area contributed by atoms with Crippen molar-refractivity contribution in [1.82, 2.24) is 10.3 Å². The first-order chi connectivity index (χ1) is 20.9. The Kier molecular flexibility index (Phi) is 20.5. The van der Waals surface area contributed by atoms with Crippen LogP contribution in [0.15, 0.2) is 54.7 Å². The number of carbonyl (C=O) groups excluding carboxylic acids is 4. The Hall–Kier alpha value is -3.99. The van der Waals surface area contributed by atoms with Gasteiger partial charge in [-0.1, -0.05) is 30.3 Å². The number of aromatic nitrogens is 1. The molecule has 0 aliphatic carbocycles. The maximum atomic E-state index is 12.0. The van der Waals surface area contributed by atoms with Crippen LogP contribution >= 0.6 is 24.0 Å². The summed E-state index contributed by atoms with van der Waals surface area (Å²) in [5.41, 5.74) is 11.7. The Balaban J connectivity index is 0.000000798. The molecule has 1 amide bonds. The molecule has 2 aromatic carbocycles. The Morgan fingerprint density at radius 3 is 1.89 bits per heavy atom. The van der Waals surface area contributed by atoms with Gasteiger partial charge in [-0.15, -0.1) is 12.4 Å². The van der Waals surface area contributed by atoms with Gasteiger partial charge in [-0.2, -0.15) is 0 Å². The molecule has 0 radical (unpaired) electrons. The lowest BCUT2D eigenvalue weighted by atomic mass is 10.1. The van der Waals surface area contributed by atoms with Crippen molar-refractivity contribution in [1.29, 1.82) is 0 Å². The molecule has 1 aromatic heterocycles. The molecule has 3 N–H and O–H groups in total. The number of methoxy groups -OCH3 is 2. The lowest BCUT2D eigenvalue weighted by molar-refractivity contribution is -0.149. The fourth-order valence-corrected chi connectivity index (χ4v) is 3.72. The van der Waals surface area contributed by atoms with Gasteiger partial charge in [-0.3, -0.25) is 19.4 Å². The molecule has 12 heteroatoms. The number of hydrogen-bond donors (Lipinski definition) is 2. The number of nitrogens with zero attached hydrogens (tertiary/aromatic N) is 1. The van der Waals surface area contributed by atoms with Crippen molar-refractivity contribution < 1.29 is 33.4 Å². The maximum absolute atomic E-state index is 12.0. The number of nitrogens with one attached hydrogen (secondary N) is 1. The van der Waals surface area contributed by atoms with E-state index in [9.17, 15) is 19.2 Å². The highest BCUT2D eigenvalue weighted by atomic mass is 35.5. The summed E-state index contributed by atoms with van der Waals surface area (Å²) < 4.78 is 14.6. The summed E-state index contributed by atoms with van der Waals surface area (Å²) in [6, 6.07) is 15.7. The van der Waals surface area contributed by atoms with E-state index in [-0.39, 0.29) is 32.0 Å². The molecule has 0 fully saturated rings. The molecule has 0 atom stereocenters. The van der Waals surface area contributed by atoms with Gasteiger partial charge < -0.3 is 25.3 Å². The van der Waals surface area contributed by atoms with Crippen molar-refractivity contribution in [3.05, 3.63) is 88.2 Å². The van der Waals surface area contributed by atoms with Crippen LogP contribution in [0.1, 0.15) is 53.3 Å². The predicted octanol–water partition coefficient (Wildman–Crippen LogP) is 5.11. The summed E-state index contributed by atoms with van der Waals surface area (Å²) in [5, 5.41) is 1.59. The van der Waals surface area contributed by atoms with E-state index >= 15 is 0 Å². The number of ketones is 1. The average molecular weight is 665 g/mol. The van der Waals surface area contributed by atoms with Gasteiger partial charge in [-0.25, -0.2) is 4.79 Å². The zero-order valence-corrected chi connectivity index (χ0v) is 28.2. The summed E-state index contributed by atoms with van der Waals surface area (Å²) in [7, 11) is 3.25. The highest BCUT2D eigenvalue weighted by molar-refractivity contribution is 6.80. The van der Waals surface area contributed by atoms with Gasteiger partial charge in [0.1, 0.15) is 11.5 Å². The van der Waals surface area contributed by atoms with Crippen LogP contribution in [0.4, 0.5) is 0 Å². The summed E-state index contributed by atoms with van der Waals surface area (Å²) in [6.45, 7) is 8.56. The van der Waals surface area contributed by atoms with Gasteiger partial charge in [-0.05, 0) is 87.0 Å². The minimum atomic E-state index is -1.08. The van der Waals surface area contributed by atoms with E-state index in [1.165, 1.54) is 5.56 Å². The Morgan fingerprint density at radius 1 is 0.867 bits per heavy atom. The molecule has 0 unspecified atom stereocenters. The third-order valence-corrected chi connectivity index (χ3v) is 6.20. The predicted molar refractivity (Wildman–Crippen MR) is 177 cm³/mol. The largest absolute Gasteiger partial charge is 0.496 e. The molecule has 3 rings (SSSR count). The van der Waals surface area contributed by atoms with E-state index in [1.807, 2.05) is 69.3 Å². The topological polar surface area (TPSA) is 147 Å². The molecule has 0 spiro atoms. The van der Waals surface area contributed by atoms with Gasteiger partial charge in [0, 0.05) is 42.5 Å². The Morgan fingerprint density at radius 2 is 1.42 bits per heavy atom. The average Bonchev–Trinajstić information content (AvgIpc) is 3.01. The number of halogens is 2. The lowest BCUT2D eigenvalue weighted by Crippen LogP contribution is -2.30. The number of hydrogen-bond acceptors (Lipinski definition) is 9. The second kappa shape index (κ2) is 22.5. The van der Waals surface area contributed by atoms with Crippen molar-refractivity contribution in [2.45, 2.75) is 60.0 Å². The number of carbonyl (C=O) groups is 4. The number of esters is 1. The summed E-state index contributed by atoms with van der Waals surface area (Å²) >= 11 is 4.69. The highest BCUT2D eigenvalue weighted by Crippen LogP contribution is 2.20. The zero-order valence-electron chi connectivity index (χ0n) is 26.6. The number of rotatable bonds is 12. The quantitative estimate of drug-likeness (QED) is 0.153. The molecule has 246 valence electrons. The third-order valence-electron chi connectivity index (χ3n) is 6.04. The Bertz CT molecular complexity index is 1380. The first kappa shape index (κ1) is 41.0. The number of aryl methyl sites for hydroxylation is 4. The van der Waals surface area contributed by atoms with Crippen molar-refractivity contribution in [3.8, 4) is 11.5 Å². The van der Waals surface area contributed by atoms with Crippen LogP contribution in [0, 0.1) is 20.8 Å². The fraction of sp³-hybridized carbons (Fsp3) is 0.364. The van der Waals surface area contributed by atoms with Gasteiger partial charge in [0.25, 0.3) is 5.91 Å². The monoisotopic (exact) mass is 663 g/mol. The van der Waals surface area contributed by atoms with Crippen LogP contribution in [0.25, 0.3) is 0 Å². The molecule has 45 heavy (non-hydrogen) atoms. The molecule has 0 aliphatic heterocycles. The van der Waals surface area contributed by atoms with Crippen molar-refractivity contribution in [3.63, 3.8) is 0 Å². The molecule has 0 saturated carbocycles. The van der Waals surface area contributed by atoms with Gasteiger partial charge in [0.05, 0.1) is 20.8 Å². The van der Waals surface area contributed by atoms with E-state index in [2.05, 4.69) is 15.0 Å².